The molecule has 0 aromatic heterocycles. The molecular formula is C13H28O2. The summed E-state index contributed by atoms with van der Waals surface area (Å²) in [5.41, 5.74) is 0.390. The molecule has 1 N–H and O–H groups in total. The molecule has 0 aliphatic heterocycles. The maximum Gasteiger partial charge on any atom is 0.154 e. The van der Waals surface area contributed by atoms with Crippen LogP contribution in [0, 0.1) is 11.3 Å². The second kappa shape index (κ2) is 7.24. The highest BCUT2D eigenvalue weighted by Gasteiger charge is 2.15. The quantitative estimate of drug-likeness (QED) is 0.659. The molecule has 0 rings (SSSR count). The predicted octanol–water partition coefficient (Wildman–Crippen LogP) is 3.58. The number of hydrogen-bond donors (Lipinski definition) is 1. The van der Waals surface area contributed by atoms with Gasteiger partial charge in [-0.25, -0.2) is 0 Å². The highest BCUT2D eigenvalue weighted by Crippen LogP contribution is 2.25. The Morgan fingerprint density at radius 3 is 2.27 bits per heavy atom. The van der Waals surface area contributed by atoms with Gasteiger partial charge in [-0.2, -0.15) is 0 Å². The molecule has 0 bridgehead atoms. The van der Waals surface area contributed by atoms with Gasteiger partial charge in [0.05, 0.1) is 0 Å². The number of rotatable bonds is 7. The van der Waals surface area contributed by atoms with Crippen molar-refractivity contribution in [2.45, 2.75) is 66.6 Å². The van der Waals surface area contributed by atoms with Crippen molar-refractivity contribution < 1.29 is 9.84 Å². The van der Waals surface area contributed by atoms with Crippen LogP contribution in [0.25, 0.3) is 0 Å². The lowest BCUT2D eigenvalue weighted by Gasteiger charge is -2.23. The van der Waals surface area contributed by atoms with Crippen LogP contribution >= 0.6 is 0 Å². The summed E-state index contributed by atoms with van der Waals surface area (Å²) in [5.74, 6) is 0.666. The van der Waals surface area contributed by atoms with E-state index in [4.69, 9.17) is 4.74 Å². The summed E-state index contributed by atoms with van der Waals surface area (Å²) in [6.07, 6.45) is 3.40. The van der Waals surface area contributed by atoms with E-state index in [1.165, 1.54) is 6.42 Å². The van der Waals surface area contributed by atoms with Gasteiger partial charge in [-0.3, -0.25) is 0 Å². The molecule has 15 heavy (non-hydrogen) atoms. The molecule has 0 aliphatic carbocycles. The van der Waals surface area contributed by atoms with Crippen LogP contribution in [0.5, 0.6) is 0 Å². The van der Waals surface area contributed by atoms with Crippen LogP contribution in [0.1, 0.15) is 60.3 Å². The summed E-state index contributed by atoms with van der Waals surface area (Å²) < 4.78 is 5.32. The Morgan fingerprint density at radius 1 is 1.20 bits per heavy atom. The van der Waals surface area contributed by atoms with Crippen molar-refractivity contribution in [2.75, 3.05) is 6.61 Å². The number of hydrogen-bond acceptors (Lipinski definition) is 2. The molecule has 0 aromatic carbocycles. The van der Waals surface area contributed by atoms with Gasteiger partial charge in [0.15, 0.2) is 6.29 Å². The molecule has 0 radical (unpaired) electrons. The maximum atomic E-state index is 9.37. The Morgan fingerprint density at radius 2 is 1.80 bits per heavy atom. The van der Waals surface area contributed by atoms with Crippen LogP contribution in [0.3, 0.4) is 0 Å². The Balaban J connectivity index is 3.50. The van der Waals surface area contributed by atoms with E-state index in [1.54, 1.807) is 0 Å². The molecular weight excluding hydrogens is 188 g/mol. The average molecular weight is 216 g/mol. The van der Waals surface area contributed by atoms with Crippen LogP contribution in [0.4, 0.5) is 0 Å². The Bertz CT molecular complexity index is 149. The van der Waals surface area contributed by atoms with E-state index in [0.717, 1.165) is 19.3 Å². The van der Waals surface area contributed by atoms with Crippen molar-refractivity contribution in [3.63, 3.8) is 0 Å². The first-order valence-corrected chi connectivity index (χ1v) is 6.15. The van der Waals surface area contributed by atoms with Gasteiger partial charge in [0.25, 0.3) is 0 Å². The monoisotopic (exact) mass is 216 g/mol. The van der Waals surface area contributed by atoms with E-state index < -0.39 is 6.29 Å². The third-order valence-corrected chi connectivity index (χ3v) is 2.42. The SMILES string of the molecule is CCCC(O)OCCC(C)CC(C)(C)C. The van der Waals surface area contributed by atoms with Crippen molar-refractivity contribution >= 4 is 0 Å². The Labute approximate surface area is 95.0 Å². The minimum atomic E-state index is -0.558. The van der Waals surface area contributed by atoms with Gasteiger partial charge in [0.2, 0.25) is 0 Å². The fourth-order valence-electron chi connectivity index (χ4n) is 1.88. The largest absolute Gasteiger partial charge is 0.368 e. The van der Waals surface area contributed by atoms with E-state index >= 15 is 0 Å². The Kier molecular flexibility index (Phi) is 7.20. The van der Waals surface area contributed by atoms with Gasteiger partial charge in [-0.15, -0.1) is 0 Å². The van der Waals surface area contributed by atoms with Crippen LogP contribution in [0.15, 0.2) is 0 Å². The third kappa shape index (κ3) is 10.2. The highest BCUT2D eigenvalue weighted by atomic mass is 16.6. The summed E-state index contributed by atoms with van der Waals surface area (Å²) >= 11 is 0. The molecule has 2 atom stereocenters. The lowest BCUT2D eigenvalue weighted by atomic mass is 9.84. The van der Waals surface area contributed by atoms with Gasteiger partial charge >= 0.3 is 0 Å². The minimum Gasteiger partial charge on any atom is -0.368 e. The number of aliphatic hydroxyl groups excluding tert-OH is 1. The summed E-state index contributed by atoms with van der Waals surface area (Å²) in [7, 11) is 0. The summed E-state index contributed by atoms with van der Waals surface area (Å²) in [5, 5.41) is 9.37. The smallest absolute Gasteiger partial charge is 0.154 e. The van der Waals surface area contributed by atoms with Crippen molar-refractivity contribution in [3.05, 3.63) is 0 Å². The molecule has 92 valence electrons. The van der Waals surface area contributed by atoms with Crippen LogP contribution in [0.2, 0.25) is 0 Å². The van der Waals surface area contributed by atoms with Crippen molar-refractivity contribution in [1.82, 2.24) is 0 Å². The third-order valence-electron chi connectivity index (χ3n) is 2.42. The van der Waals surface area contributed by atoms with E-state index in [1.807, 2.05) is 0 Å². The van der Waals surface area contributed by atoms with Gasteiger partial charge in [0, 0.05) is 6.61 Å². The fourth-order valence-corrected chi connectivity index (χ4v) is 1.88. The van der Waals surface area contributed by atoms with Crippen LogP contribution in [-0.2, 0) is 4.74 Å². The average Bonchev–Trinajstić information content (AvgIpc) is 2.00. The second-order valence-corrected chi connectivity index (χ2v) is 5.77. The van der Waals surface area contributed by atoms with Crippen molar-refractivity contribution in [2.24, 2.45) is 11.3 Å². The van der Waals surface area contributed by atoms with Crippen LogP contribution < -0.4 is 0 Å². The molecule has 0 heterocycles. The first kappa shape index (κ1) is 14.9. The van der Waals surface area contributed by atoms with E-state index in [-0.39, 0.29) is 0 Å². The standard InChI is InChI=1S/C13H28O2/c1-6-7-12(14)15-9-8-11(2)10-13(3,4)5/h11-12,14H,6-10H2,1-5H3. The zero-order valence-corrected chi connectivity index (χ0v) is 11.0. The summed E-state index contributed by atoms with van der Waals surface area (Å²) in [6.45, 7) is 11.8. The van der Waals surface area contributed by atoms with E-state index in [0.29, 0.717) is 17.9 Å². The normalized spacial score (nSPS) is 16.4. The molecule has 0 aromatic rings. The molecule has 0 aliphatic rings. The molecule has 2 nitrogen and oxygen atoms in total. The zero-order valence-electron chi connectivity index (χ0n) is 11.0. The summed E-state index contributed by atoms with van der Waals surface area (Å²) in [4.78, 5) is 0. The molecule has 0 saturated carbocycles. The topological polar surface area (TPSA) is 29.5 Å². The molecule has 2 heteroatoms. The second-order valence-electron chi connectivity index (χ2n) is 5.77. The molecule has 0 amide bonds. The molecule has 0 spiro atoms. The number of aliphatic hydroxyl groups is 1. The van der Waals surface area contributed by atoms with Gasteiger partial charge in [-0.1, -0.05) is 41.0 Å². The van der Waals surface area contributed by atoms with E-state index in [2.05, 4.69) is 34.6 Å². The molecule has 0 saturated heterocycles. The Hall–Kier alpha value is -0.0800. The number of ether oxygens (including phenoxy) is 1. The maximum absolute atomic E-state index is 9.37. The van der Waals surface area contributed by atoms with Crippen molar-refractivity contribution in [3.8, 4) is 0 Å². The van der Waals surface area contributed by atoms with Gasteiger partial charge in [0.1, 0.15) is 0 Å². The van der Waals surface area contributed by atoms with Crippen molar-refractivity contribution in [1.29, 1.82) is 0 Å². The first-order chi connectivity index (χ1) is 6.85. The lowest BCUT2D eigenvalue weighted by molar-refractivity contribution is -0.106. The van der Waals surface area contributed by atoms with Gasteiger partial charge < -0.3 is 9.84 Å². The first-order valence-electron chi connectivity index (χ1n) is 6.15. The summed E-state index contributed by atoms with van der Waals surface area (Å²) in [6, 6.07) is 0. The van der Waals surface area contributed by atoms with E-state index in [9.17, 15) is 5.11 Å². The minimum absolute atomic E-state index is 0.390. The lowest BCUT2D eigenvalue weighted by Crippen LogP contribution is -2.16. The molecule has 2 unspecified atom stereocenters. The van der Waals surface area contributed by atoms with Gasteiger partial charge in [-0.05, 0) is 30.6 Å². The fraction of sp³-hybridized carbons (Fsp3) is 1.00. The zero-order chi connectivity index (χ0) is 11.9. The highest BCUT2D eigenvalue weighted by molar-refractivity contribution is 4.66. The molecule has 0 fully saturated rings. The predicted molar refractivity (Wildman–Crippen MR) is 64.7 cm³/mol. The van der Waals surface area contributed by atoms with Crippen LogP contribution in [-0.4, -0.2) is 18.0 Å².